The Bertz CT molecular complexity index is 180. The van der Waals surface area contributed by atoms with Gasteiger partial charge in [-0.15, -0.1) is 0 Å². The van der Waals surface area contributed by atoms with Crippen molar-refractivity contribution in [2.75, 3.05) is 13.7 Å². The molecule has 0 bridgehead atoms. The SMILES string of the molecule is COCCCC(NN)C1=CCCCC1. The van der Waals surface area contributed by atoms with E-state index in [9.17, 15) is 0 Å². The molecule has 82 valence electrons. The molecular weight excluding hydrogens is 176 g/mol. The largest absolute Gasteiger partial charge is 0.385 e. The summed E-state index contributed by atoms with van der Waals surface area (Å²) in [5, 5.41) is 0. The molecule has 0 amide bonds. The van der Waals surface area contributed by atoms with Crippen molar-refractivity contribution in [2.45, 2.75) is 44.6 Å². The van der Waals surface area contributed by atoms with Crippen LogP contribution in [0.1, 0.15) is 38.5 Å². The summed E-state index contributed by atoms with van der Waals surface area (Å²) in [4.78, 5) is 0. The lowest BCUT2D eigenvalue weighted by Crippen LogP contribution is -2.37. The number of ether oxygens (including phenoxy) is 1. The molecule has 0 aromatic heterocycles. The summed E-state index contributed by atoms with van der Waals surface area (Å²) in [7, 11) is 1.74. The van der Waals surface area contributed by atoms with Gasteiger partial charge in [-0.05, 0) is 38.5 Å². The van der Waals surface area contributed by atoms with E-state index in [4.69, 9.17) is 10.6 Å². The number of methoxy groups -OCH3 is 1. The molecule has 1 aliphatic carbocycles. The molecule has 0 fully saturated rings. The Morgan fingerprint density at radius 1 is 1.57 bits per heavy atom. The minimum Gasteiger partial charge on any atom is -0.385 e. The smallest absolute Gasteiger partial charge is 0.0462 e. The first kappa shape index (κ1) is 11.7. The second-order valence-electron chi connectivity index (χ2n) is 3.88. The van der Waals surface area contributed by atoms with Crippen molar-refractivity contribution in [1.29, 1.82) is 0 Å². The monoisotopic (exact) mass is 198 g/mol. The van der Waals surface area contributed by atoms with Crippen molar-refractivity contribution >= 4 is 0 Å². The summed E-state index contributed by atoms with van der Waals surface area (Å²) in [6, 6.07) is 0.366. The molecule has 0 saturated heterocycles. The van der Waals surface area contributed by atoms with Gasteiger partial charge in [-0.2, -0.15) is 0 Å². The van der Waals surface area contributed by atoms with Crippen molar-refractivity contribution in [1.82, 2.24) is 5.43 Å². The maximum Gasteiger partial charge on any atom is 0.0462 e. The minimum absolute atomic E-state index is 0.366. The van der Waals surface area contributed by atoms with Gasteiger partial charge in [0.15, 0.2) is 0 Å². The second kappa shape index (κ2) is 6.98. The fourth-order valence-electron chi connectivity index (χ4n) is 1.99. The van der Waals surface area contributed by atoms with Gasteiger partial charge in [0, 0.05) is 19.8 Å². The van der Waals surface area contributed by atoms with Crippen LogP contribution in [0.5, 0.6) is 0 Å². The maximum absolute atomic E-state index is 5.55. The molecule has 0 heterocycles. The number of rotatable bonds is 6. The number of hydrazine groups is 1. The molecule has 3 N–H and O–H groups in total. The third kappa shape index (κ3) is 3.78. The zero-order valence-electron chi connectivity index (χ0n) is 9.09. The highest BCUT2D eigenvalue weighted by atomic mass is 16.5. The van der Waals surface area contributed by atoms with Crippen molar-refractivity contribution in [3.8, 4) is 0 Å². The summed E-state index contributed by atoms with van der Waals surface area (Å²) in [5.74, 6) is 5.55. The molecule has 1 atom stereocenters. The molecule has 0 aromatic rings. The van der Waals surface area contributed by atoms with Crippen LogP contribution in [0.3, 0.4) is 0 Å². The standard InChI is InChI=1S/C11H22N2O/c1-14-9-5-8-11(13-12)10-6-3-2-4-7-10/h6,11,13H,2-5,7-9,12H2,1H3. The summed E-state index contributed by atoms with van der Waals surface area (Å²) in [6.07, 6.45) is 9.58. The minimum atomic E-state index is 0.366. The van der Waals surface area contributed by atoms with E-state index in [0.717, 1.165) is 19.4 Å². The Morgan fingerprint density at radius 2 is 2.43 bits per heavy atom. The van der Waals surface area contributed by atoms with Gasteiger partial charge >= 0.3 is 0 Å². The van der Waals surface area contributed by atoms with Gasteiger partial charge in [-0.3, -0.25) is 11.3 Å². The first-order chi connectivity index (χ1) is 6.88. The molecular formula is C11H22N2O. The summed E-state index contributed by atoms with van der Waals surface area (Å²) < 4.78 is 5.04. The van der Waals surface area contributed by atoms with E-state index in [1.54, 1.807) is 7.11 Å². The Kier molecular flexibility index (Phi) is 5.83. The zero-order chi connectivity index (χ0) is 10.2. The lowest BCUT2D eigenvalue weighted by molar-refractivity contribution is 0.190. The topological polar surface area (TPSA) is 47.3 Å². The second-order valence-corrected chi connectivity index (χ2v) is 3.88. The van der Waals surface area contributed by atoms with Gasteiger partial charge in [-0.25, -0.2) is 0 Å². The third-order valence-corrected chi connectivity index (χ3v) is 2.82. The average molecular weight is 198 g/mol. The third-order valence-electron chi connectivity index (χ3n) is 2.82. The Balaban J connectivity index is 2.32. The van der Waals surface area contributed by atoms with Crippen molar-refractivity contribution in [2.24, 2.45) is 5.84 Å². The fourth-order valence-corrected chi connectivity index (χ4v) is 1.99. The highest BCUT2D eigenvalue weighted by Crippen LogP contribution is 2.22. The van der Waals surface area contributed by atoms with Gasteiger partial charge in [0.25, 0.3) is 0 Å². The first-order valence-corrected chi connectivity index (χ1v) is 5.52. The van der Waals surface area contributed by atoms with Crippen LogP contribution in [0.2, 0.25) is 0 Å². The van der Waals surface area contributed by atoms with E-state index < -0.39 is 0 Å². The molecule has 0 radical (unpaired) electrons. The van der Waals surface area contributed by atoms with Crippen molar-refractivity contribution in [3.05, 3.63) is 11.6 Å². The highest BCUT2D eigenvalue weighted by Gasteiger charge is 2.13. The van der Waals surface area contributed by atoms with E-state index in [-0.39, 0.29) is 0 Å². The normalized spacial score (nSPS) is 19.1. The van der Waals surface area contributed by atoms with Crippen molar-refractivity contribution < 1.29 is 4.74 Å². The van der Waals surface area contributed by atoms with Crippen LogP contribution in [-0.4, -0.2) is 19.8 Å². The maximum atomic E-state index is 5.55. The van der Waals surface area contributed by atoms with Crippen LogP contribution in [-0.2, 0) is 4.74 Å². The predicted octanol–water partition coefficient (Wildman–Crippen LogP) is 1.75. The Morgan fingerprint density at radius 3 is 3.00 bits per heavy atom. The van der Waals surface area contributed by atoms with Gasteiger partial charge in [0.2, 0.25) is 0 Å². The van der Waals surface area contributed by atoms with Gasteiger partial charge in [0.05, 0.1) is 0 Å². The molecule has 1 rings (SSSR count). The molecule has 3 nitrogen and oxygen atoms in total. The quantitative estimate of drug-likeness (QED) is 0.296. The lowest BCUT2D eigenvalue weighted by Gasteiger charge is -2.22. The van der Waals surface area contributed by atoms with Crippen molar-refractivity contribution in [3.63, 3.8) is 0 Å². The molecule has 0 saturated carbocycles. The first-order valence-electron chi connectivity index (χ1n) is 5.52. The molecule has 1 unspecified atom stereocenters. The van der Waals surface area contributed by atoms with Crippen LogP contribution in [0.15, 0.2) is 11.6 Å². The van der Waals surface area contributed by atoms with E-state index in [0.29, 0.717) is 6.04 Å². The van der Waals surface area contributed by atoms with E-state index in [2.05, 4.69) is 11.5 Å². The van der Waals surface area contributed by atoms with Crippen LogP contribution in [0, 0.1) is 0 Å². The van der Waals surface area contributed by atoms with E-state index in [1.807, 2.05) is 0 Å². The van der Waals surface area contributed by atoms with Gasteiger partial charge in [0.1, 0.15) is 0 Å². The van der Waals surface area contributed by atoms with Crippen LogP contribution < -0.4 is 11.3 Å². The Hall–Kier alpha value is -0.380. The molecule has 3 heteroatoms. The number of allylic oxidation sites excluding steroid dienone is 1. The number of nitrogens with two attached hydrogens (primary N) is 1. The van der Waals surface area contributed by atoms with Gasteiger partial charge in [-0.1, -0.05) is 11.6 Å². The van der Waals surface area contributed by atoms with Crippen LogP contribution >= 0.6 is 0 Å². The molecule has 1 aliphatic rings. The average Bonchev–Trinajstić information content (AvgIpc) is 2.26. The van der Waals surface area contributed by atoms with E-state index in [1.165, 1.54) is 31.3 Å². The fraction of sp³-hybridized carbons (Fsp3) is 0.818. The van der Waals surface area contributed by atoms with E-state index >= 15 is 0 Å². The highest BCUT2D eigenvalue weighted by molar-refractivity contribution is 5.12. The zero-order valence-corrected chi connectivity index (χ0v) is 9.09. The summed E-state index contributed by atoms with van der Waals surface area (Å²) in [5.41, 5.74) is 4.40. The summed E-state index contributed by atoms with van der Waals surface area (Å²) >= 11 is 0. The number of hydrogen-bond donors (Lipinski definition) is 2. The van der Waals surface area contributed by atoms with Crippen LogP contribution in [0.25, 0.3) is 0 Å². The lowest BCUT2D eigenvalue weighted by atomic mass is 9.92. The van der Waals surface area contributed by atoms with Gasteiger partial charge < -0.3 is 4.74 Å². The van der Waals surface area contributed by atoms with Crippen LogP contribution in [0.4, 0.5) is 0 Å². The molecule has 14 heavy (non-hydrogen) atoms. The number of nitrogens with one attached hydrogen (secondary N) is 1. The Labute approximate surface area is 86.7 Å². The molecule has 0 aromatic carbocycles. The molecule has 0 spiro atoms. The predicted molar refractivity (Wildman–Crippen MR) is 58.8 cm³/mol. The number of hydrogen-bond acceptors (Lipinski definition) is 3. The summed E-state index contributed by atoms with van der Waals surface area (Å²) in [6.45, 7) is 0.825. The molecule has 0 aliphatic heterocycles.